The summed E-state index contributed by atoms with van der Waals surface area (Å²) < 4.78 is 12.1. The normalized spacial score (nSPS) is 19.2. The summed E-state index contributed by atoms with van der Waals surface area (Å²) in [4.78, 5) is 28.5. The van der Waals surface area contributed by atoms with E-state index in [2.05, 4.69) is 10.2 Å². The fraction of sp³-hybridized carbons (Fsp3) is 0.226. The molecule has 1 saturated heterocycles. The van der Waals surface area contributed by atoms with Crippen molar-refractivity contribution in [2.75, 3.05) is 11.5 Å². The molecule has 1 amide bonds. The van der Waals surface area contributed by atoms with Crippen molar-refractivity contribution < 1.29 is 24.2 Å². The average molecular weight is 620 g/mol. The Labute approximate surface area is 255 Å². The molecule has 1 aromatic heterocycles. The largest absolute Gasteiger partial charge is 0.507 e. The van der Waals surface area contributed by atoms with Gasteiger partial charge in [0.1, 0.15) is 23.4 Å². The van der Waals surface area contributed by atoms with Gasteiger partial charge in [0.05, 0.1) is 18.2 Å². The van der Waals surface area contributed by atoms with Crippen LogP contribution in [0.2, 0.25) is 5.02 Å². The lowest BCUT2D eigenvalue weighted by Crippen LogP contribution is -2.29. The molecule has 2 aliphatic heterocycles. The fourth-order valence-corrected chi connectivity index (χ4v) is 7.04. The van der Waals surface area contributed by atoms with Crippen LogP contribution in [-0.4, -0.2) is 39.7 Å². The van der Waals surface area contributed by atoms with Gasteiger partial charge in [0, 0.05) is 22.8 Å². The number of rotatable bonds is 8. The molecule has 6 rings (SSSR count). The summed E-state index contributed by atoms with van der Waals surface area (Å²) in [6.07, 6.45) is 0.708. The molecule has 0 aliphatic carbocycles. The first kappa shape index (κ1) is 28.3. The van der Waals surface area contributed by atoms with Crippen LogP contribution in [0.4, 0.5) is 5.13 Å². The van der Waals surface area contributed by atoms with Gasteiger partial charge in [-0.2, -0.15) is 0 Å². The van der Waals surface area contributed by atoms with E-state index in [1.165, 1.54) is 28.0 Å². The number of amides is 1. The van der Waals surface area contributed by atoms with Crippen LogP contribution in [0.3, 0.4) is 0 Å². The number of benzene rings is 3. The van der Waals surface area contributed by atoms with Gasteiger partial charge in [-0.1, -0.05) is 59.0 Å². The first-order chi connectivity index (χ1) is 20.3. The number of hydrogen-bond donors (Lipinski definition) is 1. The number of hydrogen-bond acceptors (Lipinski definition) is 9. The van der Waals surface area contributed by atoms with Gasteiger partial charge in [0.2, 0.25) is 5.13 Å². The van der Waals surface area contributed by atoms with E-state index in [0.717, 1.165) is 16.9 Å². The Morgan fingerprint density at radius 1 is 1.14 bits per heavy atom. The molecule has 42 heavy (non-hydrogen) atoms. The van der Waals surface area contributed by atoms with Gasteiger partial charge in [-0.3, -0.25) is 14.5 Å². The maximum absolute atomic E-state index is 13.6. The predicted molar refractivity (Wildman–Crippen MR) is 164 cm³/mol. The number of ether oxygens (including phenoxy) is 2. The van der Waals surface area contributed by atoms with E-state index in [1.54, 1.807) is 36.4 Å². The molecule has 0 spiro atoms. The van der Waals surface area contributed by atoms with E-state index < -0.39 is 17.7 Å². The minimum absolute atomic E-state index is 0.0217. The highest BCUT2D eigenvalue weighted by Gasteiger charge is 2.48. The Hall–Kier alpha value is -3.86. The molecule has 8 nitrogen and oxygen atoms in total. The number of aliphatic hydroxyl groups excluding tert-OH is 1. The van der Waals surface area contributed by atoms with Crippen LogP contribution >= 0.6 is 34.7 Å². The van der Waals surface area contributed by atoms with E-state index in [-0.39, 0.29) is 22.6 Å². The van der Waals surface area contributed by atoms with Crippen LogP contribution in [0, 0.1) is 0 Å². The van der Waals surface area contributed by atoms with Crippen molar-refractivity contribution in [2.45, 2.75) is 42.5 Å². The number of thioether (sulfide) groups is 1. The molecule has 0 radical (unpaired) electrons. The molecule has 2 atom stereocenters. The smallest absolute Gasteiger partial charge is 0.301 e. The SMILES string of the molecule is CCOc1cccc([C@@H]2/C(=C(\O)c3ccc4c(c3)C[C@H](C)O4)C(=O)C(=O)N2c2nnc(SCc3ccc(Cl)cc3)s2)c1. The van der Waals surface area contributed by atoms with Crippen molar-refractivity contribution in [2.24, 2.45) is 0 Å². The van der Waals surface area contributed by atoms with Crippen LogP contribution in [0.5, 0.6) is 11.5 Å². The van der Waals surface area contributed by atoms with Crippen LogP contribution in [-0.2, 0) is 21.8 Å². The second-order valence-corrected chi connectivity index (χ2v) is 12.5. The molecule has 1 N–H and O–H groups in total. The molecule has 0 bridgehead atoms. The van der Waals surface area contributed by atoms with Gasteiger partial charge in [-0.25, -0.2) is 0 Å². The lowest BCUT2D eigenvalue weighted by molar-refractivity contribution is -0.132. The third-order valence-corrected chi connectivity index (χ3v) is 9.36. The molecular formula is C31H26ClN3O5S2. The van der Waals surface area contributed by atoms with Crippen molar-refractivity contribution >= 4 is 57.3 Å². The molecule has 2 aliphatic rings. The van der Waals surface area contributed by atoms with Gasteiger partial charge in [-0.05, 0) is 73.0 Å². The van der Waals surface area contributed by atoms with E-state index >= 15 is 0 Å². The van der Waals surface area contributed by atoms with Crippen LogP contribution in [0.25, 0.3) is 5.76 Å². The number of aromatic nitrogens is 2. The number of carbonyl (C=O) groups is 2. The quantitative estimate of drug-likeness (QED) is 0.0753. The van der Waals surface area contributed by atoms with E-state index in [1.807, 2.05) is 44.2 Å². The lowest BCUT2D eigenvalue weighted by Gasteiger charge is -2.23. The Kier molecular flexibility index (Phi) is 7.94. The Bertz CT molecular complexity index is 1700. The van der Waals surface area contributed by atoms with Crippen LogP contribution in [0.15, 0.2) is 76.6 Å². The standard InChI is InChI=1S/C31H26ClN3O5S2/c1-3-39-23-6-4-5-19(15-23)26-25(27(36)20-9-12-24-21(14-20)13-17(2)40-24)28(37)29(38)35(26)30-33-34-31(42-30)41-16-18-7-10-22(32)11-8-18/h4-12,14-15,17,26,36H,3,13,16H2,1-2H3/b27-25+/t17-,26+/m0/s1. The number of nitrogens with zero attached hydrogens (tertiary/aromatic N) is 3. The molecule has 3 heterocycles. The maximum Gasteiger partial charge on any atom is 0.301 e. The van der Waals surface area contributed by atoms with E-state index in [0.29, 0.717) is 45.0 Å². The highest BCUT2D eigenvalue weighted by molar-refractivity contribution is 8.00. The summed E-state index contributed by atoms with van der Waals surface area (Å²) >= 11 is 8.68. The average Bonchev–Trinajstić information content (AvgIpc) is 3.67. The maximum atomic E-state index is 13.6. The number of carbonyl (C=O) groups excluding carboxylic acids is 2. The monoisotopic (exact) mass is 619 g/mol. The number of fused-ring (bicyclic) bond motifs is 1. The third kappa shape index (κ3) is 5.49. The van der Waals surface area contributed by atoms with Gasteiger partial charge < -0.3 is 14.6 Å². The molecule has 0 saturated carbocycles. The zero-order chi connectivity index (χ0) is 29.4. The number of aliphatic hydroxyl groups is 1. The highest BCUT2D eigenvalue weighted by Crippen LogP contribution is 2.45. The Morgan fingerprint density at radius 2 is 1.95 bits per heavy atom. The Balaban J connectivity index is 1.39. The van der Waals surface area contributed by atoms with Crippen molar-refractivity contribution in [3.63, 3.8) is 0 Å². The summed E-state index contributed by atoms with van der Waals surface area (Å²) in [7, 11) is 0. The second-order valence-electron chi connectivity index (χ2n) is 9.90. The molecule has 0 unspecified atom stereocenters. The molecule has 1 fully saturated rings. The lowest BCUT2D eigenvalue weighted by atomic mass is 9.94. The van der Waals surface area contributed by atoms with Crippen LogP contribution < -0.4 is 14.4 Å². The van der Waals surface area contributed by atoms with Crippen molar-refractivity contribution in [3.8, 4) is 11.5 Å². The topological polar surface area (TPSA) is 102 Å². The van der Waals surface area contributed by atoms with E-state index in [9.17, 15) is 14.7 Å². The molecule has 11 heteroatoms. The minimum Gasteiger partial charge on any atom is -0.507 e. The van der Waals surface area contributed by atoms with Gasteiger partial charge in [-0.15, -0.1) is 10.2 Å². The Morgan fingerprint density at radius 3 is 2.74 bits per heavy atom. The highest BCUT2D eigenvalue weighted by atomic mass is 35.5. The summed E-state index contributed by atoms with van der Waals surface area (Å²) in [5.74, 6) is 0.123. The first-order valence-electron chi connectivity index (χ1n) is 13.4. The second kappa shape index (κ2) is 11.8. The molecular weight excluding hydrogens is 594 g/mol. The predicted octanol–water partition coefficient (Wildman–Crippen LogP) is 6.83. The number of Topliss-reactive ketones (excluding diaryl/α,β-unsaturated/α-hetero) is 1. The number of ketones is 1. The fourth-order valence-electron chi connectivity index (χ4n) is 5.10. The van der Waals surface area contributed by atoms with Crippen molar-refractivity contribution in [1.82, 2.24) is 10.2 Å². The van der Waals surface area contributed by atoms with Crippen LogP contribution in [0.1, 0.15) is 42.1 Å². The third-order valence-electron chi connectivity index (χ3n) is 6.98. The number of halogens is 1. The van der Waals surface area contributed by atoms with Crippen molar-refractivity contribution in [3.05, 3.63) is 99.6 Å². The molecule has 214 valence electrons. The van der Waals surface area contributed by atoms with Gasteiger partial charge in [0.25, 0.3) is 5.78 Å². The summed E-state index contributed by atoms with van der Waals surface area (Å²) in [6.45, 7) is 4.30. The van der Waals surface area contributed by atoms with Crippen molar-refractivity contribution in [1.29, 1.82) is 0 Å². The summed E-state index contributed by atoms with van der Waals surface area (Å²) in [5.41, 5.74) is 3.01. The zero-order valence-corrected chi connectivity index (χ0v) is 25.1. The zero-order valence-electron chi connectivity index (χ0n) is 22.7. The van der Waals surface area contributed by atoms with Gasteiger partial charge in [0.15, 0.2) is 4.34 Å². The summed E-state index contributed by atoms with van der Waals surface area (Å²) in [5, 5.41) is 21.1. The number of anilines is 1. The molecule has 3 aromatic carbocycles. The first-order valence-corrected chi connectivity index (χ1v) is 15.5. The molecule has 4 aromatic rings. The summed E-state index contributed by atoms with van der Waals surface area (Å²) in [6, 6.07) is 19.1. The van der Waals surface area contributed by atoms with Gasteiger partial charge >= 0.3 is 5.91 Å². The van der Waals surface area contributed by atoms with E-state index in [4.69, 9.17) is 21.1 Å². The minimum atomic E-state index is -0.934.